The number of para-hydroxylation sites is 1. The van der Waals surface area contributed by atoms with E-state index in [1.807, 2.05) is 67.9 Å². The van der Waals surface area contributed by atoms with Gasteiger partial charge in [-0.2, -0.15) is 5.10 Å². The smallest absolute Gasteiger partial charge is 0.307 e. The van der Waals surface area contributed by atoms with Crippen LogP contribution in [0.15, 0.2) is 95.0 Å². The van der Waals surface area contributed by atoms with Gasteiger partial charge in [-0.05, 0) is 48.7 Å². The molecule has 3 heterocycles. The average Bonchev–Trinajstić information content (AvgIpc) is 3.43. The summed E-state index contributed by atoms with van der Waals surface area (Å²) >= 11 is 1.56. The molecule has 166 valence electrons. The van der Waals surface area contributed by atoms with E-state index in [2.05, 4.69) is 42.7 Å². The number of aromatic nitrogens is 2. The highest BCUT2D eigenvalue weighted by Crippen LogP contribution is 2.31. The Morgan fingerprint density at radius 1 is 1.21 bits per heavy atom. The lowest BCUT2D eigenvalue weighted by molar-refractivity contribution is -0.701. The van der Waals surface area contributed by atoms with E-state index in [-0.39, 0.29) is 6.42 Å². The lowest BCUT2D eigenvalue weighted by Crippen LogP contribution is -3.10. The van der Waals surface area contributed by atoms with Gasteiger partial charge in [-0.25, -0.2) is 14.8 Å². The molecule has 1 atom stereocenters. The number of carboxylic acids is 1. The Morgan fingerprint density at radius 2 is 2.06 bits per heavy atom. The maximum absolute atomic E-state index is 11.1. The third kappa shape index (κ3) is 4.55. The van der Waals surface area contributed by atoms with Crippen molar-refractivity contribution in [3.05, 3.63) is 96.3 Å². The van der Waals surface area contributed by atoms with E-state index < -0.39 is 5.97 Å². The largest absolute Gasteiger partial charge is 0.481 e. The number of nitrogens with zero attached hydrogens (tertiary/aromatic N) is 4. The van der Waals surface area contributed by atoms with Crippen molar-refractivity contribution in [1.82, 2.24) is 14.5 Å². The lowest BCUT2D eigenvalue weighted by Gasteiger charge is -2.33. The number of amidine groups is 1. The van der Waals surface area contributed by atoms with Gasteiger partial charge >= 0.3 is 5.97 Å². The third-order valence-corrected chi connectivity index (χ3v) is 6.22. The second-order valence-electron chi connectivity index (χ2n) is 7.78. The van der Waals surface area contributed by atoms with Gasteiger partial charge < -0.3 is 5.11 Å². The van der Waals surface area contributed by atoms with Crippen LogP contribution in [0.1, 0.15) is 11.3 Å². The number of carboxylic acid groups (broad SMARTS) is 1. The van der Waals surface area contributed by atoms with E-state index in [0.717, 1.165) is 44.2 Å². The molecule has 8 nitrogen and oxygen atoms in total. The molecule has 0 bridgehead atoms. The maximum Gasteiger partial charge on any atom is 0.307 e. The Bertz CT molecular complexity index is 1270. The minimum Gasteiger partial charge on any atom is -0.481 e. The van der Waals surface area contributed by atoms with Crippen molar-refractivity contribution >= 4 is 35.3 Å². The fourth-order valence-electron chi connectivity index (χ4n) is 3.88. The fraction of sp³-hybridized carbons (Fsp3) is 0.125. The van der Waals surface area contributed by atoms with Gasteiger partial charge in [0.2, 0.25) is 11.7 Å². The summed E-state index contributed by atoms with van der Waals surface area (Å²) in [6.45, 7) is 2.62. The predicted octanol–water partition coefficient (Wildman–Crippen LogP) is 3.07. The van der Waals surface area contributed by atoms with Crippen molar-refractivity contribution in [2.75, 3.05) is 11.4 Å². The molecule has 5 rings (SSSR count). The van der Waals surface area contributed by atoms with Gasteiger partial charge in [0.25, 0.3) is 0 Å². The number of H-pyrrole nitrogens is 1. The normalized spacial score (nSPS) is 16.9. The van der Waals surface area contributed by atoms with Crippen molar-refractivity contribution in [2.45, 2.75) is 18.2 Å². The summed E-state index contributed by atoms with van der Waals surface area (Å²) in [5.41, 5.74) is 2.75. The monoisotopic (exact) mass is 459 g/mol. The number of aliphatic imine (C=N–C) groups is 1. The average molecular weight is 460 g/mol. The Hall–Kier alpha value is -3.82. The highest BCUT2D eigenvalue weighted by molar-refractivity contribution is 7.97. The molecule has 9 heteroatoms. The number of anilines is 2. The van der Waals surface area contributed by atoms with Gasteiger partial charge in [-0.3, -0.25) is 14.2 Å². The lowest BCUT2D eigenvalue weighted by atomic mass is 10.2. The number of benzene rings is 2. The molecule has 0 saturated heterocycles. The Labute approximate surface area is 195 Å². The molecule has 1 aromatic heterocycles. The van der Waals surface area contributed by atoms with Gasteiger partial charge in [0.05, 0.1) is 24.5 Å². The van der Waals surface area contributed by atoms with Crippen LogP contribution in [0.4, 0.5) is 11.5 Å². The number of rotatable bonds is 7. The zero-order valence-electron chi connectivity index (χ0n) is 18.0. The number of hydrogen-bond acceptors (Lipinski definition) is 6. The molecule has 33 heavy (non-hydrogen) atoms. The maximum atomic E-state index is 11.1. The van der Waals surface area contributed by atoms with Crippen molar-refractivity contribution in [3.63, 3.8) is 0 Å². The van der Waals surface area contributed by atoms with Crippen LogP contribution in [-0.2, 0) is 11.2 Å². The molecule has 0 aliphatic carbocycles. The van der Waals surface area contributed by atoms with Crippen LogP contribution in [0.3, 0.4) is 0 Å². The van der Waals surface area contributed by atoms with Crippen LogP contribution in [0, 0.1) is 6.92 Å². The zero-order chi connectivity index (χ0) is 22.8. The number of aromatic amines is 1. The molecule has 2 aliphatic heterocycles. The van der Waals surface area contributed by atoms with E-state index in [0.29, 0.717) is 6.54 Å². The first kappa shape index (κ1) is 21.0. The van der Waals surface area contributed by atoms with Crippen molar-refractivity contribution in [3.8, 4) is 0 Å². The topological polar surface area (TPSA) is 89.3 Å². The number of nitrogens with one attached hydrogen (secondary N) is 2. The quantitative estimate of drug-likeness (QED) is 0.471. The molecule has 0 fully saturated rings. The predicted molar refractivity (Wildman–Crippen MR) is 128 cm³/mol. The summed E-state index contributed by atoms with van der Waals surface area (Å²) in [5, 5.41) is 16.7. The number of fused-ring (bicyclic) bond motifs is 1. The van der Waals surface area contributed by atoms with E-state index in [1.165, 1.54) is 0 Å². The SMILES string of the molecule is Cc1cc(N(C2=CN(Sc3cccc(CC(=O)O)c3)CC3=NC=C[NH+]23)c2ccccc2)n[nH]1. The summed E-state index contributed by atoms with van der Waals surface area (Å²) in [6, 6.07) is 19.8. The van der Waals surface area contributed by atoms with Gasteiger partial charge in [0, 0.05) is 16.7 Å². The molecule has 3 N–H and O–H groups in total. The molecule has 1 unspecified atom stereocenters. The zero-order valence-corrected chi connectivity index (χ0v) is 18.8. The first-order valence-corrected chi connectivity index (χ1v) is 11.3. The number of quaternary nitrogens is 1. The molecule has 0 amide bonds. The van der Waals surface area contributed by atoms with Gasteiger partial charge in [0.1, 0.15) is 12.7 Å². The number of hydrogen-bond donors (Lipinski definition) is 3. The van der Waals surface area contributed by atoms with Gasteiger partial charge in [0.15, 0.2) is 5.82 Å². The van der Waals surface area contributed by atoms with Crippen LogP contribution in [0.2, 0.25) is 0 Å². The highest BCUT2D eigenvalue weighted by atomic mass is 32.2. The first-order chi connectivity index (χ1) is 16.1. The summed E-state index contributed by atoms with van der Waals surface area (Å²) in [4.78, 5) is 19.9. The molecule has 0 saturated carbocycles. The van der Waals surface area contributed by atoms with Crippen LogP contribution in [0.5, 0.6) is 0 Å². The third-order valence-electron chi connectivity index (χ3n) is 5.28. The van der Waals surface area contributed by atoms with E-state index in [4.69, 9.17) is 5.11 Å². The highest BCUT2D eigenvalue weighted by Gasteiger charge is 2.36. The van der Waals surface area contributed by atoms with E-state index >= 15 is 0 Å². The van der Waals surface area contributed by atoms with E-state index in [9.17, 15) is 4.79 Å². The number of aliphatic carboxylic acids is 1. The molecular weight excluding hydrogens is 436 g/mol. The fourth-order valence-corrected chi connectivity index (χ4v) is 4.83. The van der Waals surface area contributed by atoms with Crippen molar-refractivity contribution < 1.29 is 14.8 Å². The molecule has 2 aromatic carbocycles. The van der Waals surface area contributed by atoms with Gasteiger partial charge in [-0.15, -0.1) is 0 Å². The molecular formula is C24H23N6O2S+. The van der Waals surface area contributed by atoms with Crippen molar-refractivity contribution in [1.29, 1.82) is 0 Å². The standard InChI is InChI=1S/C24H22N6O2S/c1-17-12-21(27-26-17)30(19-7-3-2-4-8-19)23-16-28(15-22-25-10-11-29(22)23)33-20-9-5-6-18(13-20)14-24(31)32/h2-13,16H,14-15H2,1H3,(H,26,27)(H,31,32)/p+1. The molecule has 2 aliphatic rings. The molecule has 0 spiro atoms. The van der Waals surface area contributed by atoms with Crippen LogP contribution >= 0.6 is 11.9 Å². The summed E-state index contributed by atoms with van der Waals surface area (Å²) in [7, 11) is 0. The van der Waals surface area contributed by atoms with Gasteiger partial charge in [-0.1, -0.05) is 30.3 Å². The molecule has 0 radical (unpaired) electrons. The van der Waals surface area contributed by atoms with Crippen molar-refractivity contribution in [2.24, 2.45) is 4.99 Å². The summed E-state index contributed by atoms with van der Waals surface area (Å²) in [6.07, 6.45) is 5.98. The molecule has 3 aromatic rings. The Kier molecular flexibility index (Phi) is 5.72. The summed E-state index contributed by atoms with van der Waals surface area (Å²) < 4.78 is 2.12. The van der Waals surface area contributed by atoms with Crippen LogP contribution in [-0.4, -0.2) is 38.0 Å². The van der Waals surface area contributed by atoms with Crippen LogP contribution in [0.25, 0.3) is 0 Å². The van der Waals surface area contributed by atoms with Crippen LogP contribution < -0.4 is 9.80 Å². The summed E-state index contributed by atoms with van der Waals surface area (Å²) in [5.74, 6) is 1.92. The number of aryl methyl sites for hydroxylation is 1. The number of carbonyl (C=O) groups is 1. The second-order valence-corrected chi connectivity index (χ2v) is 8.91. The Morgan fingerprint density at radius 3 is 2.82 bits per heavy atom. The first-order valence-electron chi connectivity index (χ1n) is 10.5. The second kappa shape index (κ2) is 8.97. The minimum absolute atomic E-state index is 0.00430. The minimum atomic E-state index is -0.837. The Balaban J connectivity index is 1.52. The van der Waals surface area contributed by atoms with E-state index in [1.54, 1.807) is 11.9 Å².